The topological polar surface area (TPSA) is 53.5 Å². The minimum Gasteiger partial charge on any atom is -0.392 e. The highest BCUT2D eigenvalue weighted by Gasteiger charge is 2.08. The monoisotopic (exact) mass is 162 g/mol. The summed E-state index contributed by atoms with van der Waals surface area (Å²) in [5.41, 5.74) is 0. The second-order valence-corrected chi connectivity index (χ2v) is 2.46. The maximum absolute atomic E-state index is 8.74. The lowest BCUT2D eigenvalue weighted by molar-refractivity contribution is -0.0433. The van der Waals surface area contributed by atoms with Crippen molar-refractivity contribution in [1.29, 1.82) is 0 Å². The smallest absolute Gasteiger partial charge is 0.131 e. The van der Waals surface area contributed by atoms with Crippen LogP contribution in [-0.4, -0.2) is 44.7 Å². The number of ether oxygens (including phenoxy) is 1. The van der Waals surface area contributed by atoms with Crippen molar-refractivity contribution in [3.05, 3.63) is 0 Å². The zero-order chi connectivity index (χ0) is 8.69. The highest BCUT2D eigenvalue weighted by Crippen LogP contribution is 1.92. The van der Waals surface area contributed by atoms with E-state index in [9.17, 15) is 0 Å². The van der Waals surface area contributed by atoms with E-state index in [1.807, 2.05) is 14.0 Å². The van der Waals surface area contributed by atoms with Crippen LogP contribution in [0.15, 0.2) is 0 Å². The standard InChI is InChI=1S/C7H18N2O2/c1-6(4-8-2)11-7(5-10)9-3/h6-10H,4-5H2,1-3H3. The lowest BCUT2D eigenvalue weighted by atomic mass is 10.4. The molecule has 0 heterocycles. The van der Waals surface area contributed by atoms with Gasteiger partial charge in [-0.2, -0.15) is 0 Å². The molecule has 4 nitrogen and oxygen atoms in total. The molecule has 0 bridgehead atoms. The van der Waals surface area contributed by atoms with E-state index in [1.165, 1.54) is 0 Å². The van der Waals surface area contributed by atoms with Crippen LogP contribution in [0.5, 0.6) is 0 Å². The summed E-state index contributed by atoms with van der Waals surface area (Å²) in [5.74, 6) is 0. The fourth-order valence-electron chi connectivity index (χ4n) is 0.818. The van der Waals surface area contributed by atoms with Gasteiger partial charge in [0.05, 0.1) is 12.7 Å². The molecule has 2 atom stereocenters. The van der Waals surface area contributed by atoms with Crippen molar-refractivity contribution < 1.29 is 9.84 Å². The molecule has 0 aromatic heterocycles. The fraction of sp³-hybridized carbons (Fsp3) is 1.00. The van der Waals surface area contributed by atoms with Crippen LogP contribution >= 0.6 is 0 Å². The zero-order valence-electron chi connectivity index (χ0n) is 7.42. The number of rotatable bonds is 6. The second-order valence-electron chi connectivity index (χ2n) is 2.46. The van der Waals surface area contributed by atoms with E-state index < -0.39 is 0 Å². The molecule has 0 aliphatic heterocycles. The number of aliphatic hydroxyl groups excluding tert-OH is 1. The Hall–Kier alpha value is -0.160. The van der Waals surface area contributed by atoms with Crippen LogP contribution < -0.4 is 10.6 Å². The lowest BCUT2D eigenvalue weighted by Gasteiger charge is -2.19. The molecule has 0 saturated heterocycles. The Labute approximate surface area is 67.9 Å². The Morgan fingerprint density at radius 1 is 1.45 bits per heavy atom. The third-order valence-electron chi connectivity index (χ3n) is 1.38. The van der Waals surface area contributed by atoms with Crippen LogP contribution in [0.1, 0.15) is 6.92 Å². The molecular weight excluding hydrogens is 144 g/mol. The van der Waals surface area contributed by atoms with E-state index in [0.717, 1.165) is 6.54 Å². The van der Waals surface area contributed by atoms with Crippen LogP contribution in [0.4, 0.5) is 0 Å². The Kier molecular flexibility index (Phi) is 6.45. The van der Waals surface area contributed by atoms with Gasteiger partial charge in [-0.15, -0.1) is 0 Å². The minimum absolute atomic E-state index is 0.00452. The predicted octanol–water partition coefficient (Wildman–Crippen LogP) is -0.851. The van der Waals surface area contributed by atoms with Gasteiger partial charge in [-0.3, -0.25) is 5.32 Å². The summed E-state index contributed by atoms with van der Waals surface area (Å²) in [5, 5.41) is 14.6. The molecule has 0 aromatic rings. The average molecular weight is 162 g/mol. The predicted molar refractivity (Wildman–Crippen MR) is 44.4 cm³/mol. The number of likely N-dealkylation sites (N-methyl/N-ethyl adjacent to an activating group) is 2. The number of nitrogens with one attached hydrogen (secondary N) is 2. The van der Waals surface area contributed by atoms with Gasteiger partial charge in [-0.25, -0.2) is 0 Å². The van der Waals surface area contributed by atoms with Crippen LogP contribution in [0.3, 0.4) is 0 Å². The fourth-order valence-corrected chi connectivity index (χ4v) is 0.818. The summed E-state index contributed by atoms with van der Waals surface area (Å²) in [4.78, 5) is 0. The lowest BCUT2D eigenvalue weighted by Crippen LogP contribution is -2.37. The molecule has 11 heavy (non-hydrogen) atoms. The number of aliphatic hydroxyl groups is 1. The maximum Gasteiger partial charge on any atom is 0.131 e. The van der Waals surface area contributed by atoms with Crippen LogP contribution in [0.2, 0.25) is 0 Å². The Morgan fingerprint density at radius 3 is 2.45 bits per heavy atom. The minimum atomic E-state index is -0.252. The highest BCUT2D eigenvalue weighted by atomic mass is 16.5. The first-order valence-corrected chi connectivity index (χ1v) is 3.82. The van der Waals surface area contributed by atoms with Gasteiger partial charge < -0.3 is 15.2 Å². The first-order chi connectivity index (χ1) is 5.24. The van der Waals surface area contributed by atoms with Crippen molar-refractivity contribution in [2.75, 3.05) is 27.2 Å². The summed E-state index contributed by atoms with van der Waals surface area (Å²) in [6.07, 6.45) is -0.136. The largest absolute Gasteiger partial charge is 0.392 e. The molecule has 0 spiro atoms. The van der Waals surface area contributed by atoms with Crippen LogP contribution in [0.25, 0.3) is 0 Å². The first kappa shape index (κ1) is 10.8. The molecular formula is C7H18N2O2. The molecule has 0 aromatic carbocycles. The zero-order valence-corrected chi connectivity index (χ0v) is 7.42. The quantitative estimate of drug-likeness (QED) is 0.445. The molecule has 4 heteroatoms. The van der Waals surface area contributed by atoms with Crippen molar-refractivity contribution in [1.82, 2.24) is 10.6 Å². The molecule has 0 saturated carbocycles. The van der Waals surface area contributed by atoms with E-state index >= 15 is 0 Å². The summed E-state index contributed by atoms with van der Waals surface area (Å²) < 4.78 is 5.37. The van der Waals surface area contributed by atoms with E-state index in [4.69, 9.17) is 9.84 Å². The second kappa shape index (κ2) is 6.54. The summed E-state index contributed by atoms with van der Waals surface area (Å²) in [7, 11) is 3.63. The normalized spacial score (nSPS) is 16.4. The summed E-state index contributed by atoms with van der Waals surface area (Å²) in [6, 6.07) is 0. The van der Waals surface area contributed by atoms with Crippen molar-refractivity contribution in [2.24, 2.45) is 0 Å². The van der Waals surface area contributed by atoms with Gasteiger partial charge >= 0.3 is 0 Å². The van der Waals surface area contributed by atoms with E-state index in [-0.39, 0.29) is 18.9 Å². The summed E-state index contributed by atoms with van der Waals surface area (Å²) >= 11 is 0. The Morgan fingerprint density at radius 2 is 2.09 bits per heavy atom. The number of hydrogen-bond donors (Lipinski definition) is 3. The molecule has 0 fully saturated rings. The molecule has 0 amide bonds. The molecule has 68 valence electrons. The van der Waals surface area contributed by atoms with Gasteiger partial charge in [-0.05, 0) is 21.0 Å². The molecule has 0 radical (unpaired) electrons. The Balaban J connectivity index is 3.44. The van der Waals surface area contributed by atoms with E-state index in [2.05, 4.69) is 10.6 Å². The van der Waals surface area contributed by atoms with Gasteiger partial charge in [0, 0.05) is 6.54 Å². The Bertz CT molecular complexity index is 86.5. The van der Waals surface area contributed by atoms with Crippen molar-refractivity contribution in [2.45, 2.75) is 19.3 Å². The third kappa shape index (κ3) is 5.15. The molecule has 2 unspecified atom stereocenters. The first-order valence-electron chi connectivity index (χ1n) is 3.82. The maximum atomic E-state index is 8.74. The van der Waals surface area contributed by atoms with Crippen molar-refractivity contribution in [3.8, 4) is 0 Å². The molecule has 0 aliphatic carbocycles. The van der Waals surface area contributed by atoms with E-state index in [0.29, 0.717) is 0 Å². The van der Waals surface area contributed by atoms with Gasteiger partial charge in [0.1, 0.15) is 6.23 Å². The molecule has 0 rings (SSSR count). The SMILES string of the molecule is CNCC(C)OC(CO)NC. The van der Waals surface area contributed by atoms with Crippen LogP contribution in [0, 0.1) is 0 Å². The van der Waals surface area contributed by atoms with Gasteiger partial charge in [-0.1, -0.05) is 0 Å². The van der Waals surface area contributed by atoms with Gasteiger partial charge in [0.25, 0.3) is 0 Å². The molecule has 3 N–H and O–H groups in total. The van der Waals surface area contributed by atoms with Crippen molar-refractivity contribution in [3.63, 3.8) is 0 Å². The van der Waals surface area contributed by atoms with Gasteiger partial charge in [0.15, 0.2) is 0 Å². The third-order valence-corrected chi connectivity index (χ3v) is 1.38. The average Bonchev–Trinajstić information content (AvgIpc) is 2.01. The van der Waals surface area contributed by atoms with E-state index in [1.54, 1.807) is 7.05 Å². The highest BCUT2D eigenvalue weighted by molar-refractivity contribution is 4.56. The molecule has 0 aliphatic rings. The van der Waals surface area contributed by atoms with Crippen molar-refractivity contribution >= 4 is 0 Å². The number of hydrogen-bond acceptors (Lipinski definition) is 4. The summed E-state index contributed by atoms with van der Waals surface area (Å²) in [6.45, 7) is 2.75. The van der Waals surface area contributed by atoms with Crippen LogP contribution in [-0.2, 0) is 4.74 Å². The van der Waals surface area contributed by atoms with Gasteiger partial charge in [0.2, 0.25) is 0 Å².